The molecule has 2 radical (unpaired) electrons. The maximum absolute atomic E-state index is 8.60. The zero-order chi connectivity index (χ0) is 14.3. The van der Waals surface area contributed by atoms with Crippen LogP contribution in [0.5, 0.6) is 0 Å². The van der Waals surface area contributed by atoms with Crippen LogP contribution in [0, 0.1) is 0 Å². The summed E-state index contributed by atoms with van der Waals surface area (Å²) in [6, 6.07) is 0. The topological polar surface area (TPSA) is 229 Å². The molecule has 18 heavy (non-hydrogen) atoms. The van der Waals surface area contributed by atoms with E-state index >= 15 is 0 Å². The van der Waals surface area contributed by atoms with Gasteiger partial charge in [0.25, 0.3) is 0 Å². The first-order valence-corrected chi connectivity index (χ1v) is 13.0. The third-order valence-electron chi connectivity index (χ3n) is 0. The number of rotatable bonds is 0. The summed E-state index contributed by atoms with van der Waals surface area (Å²) < 4.78 is 103. The van der Waals surface area contributed by atoms with Crippen molar-refractivity contribution < 1.29 is 116 Å². The van der Waals surface area contributed by atoms with Crippen LogP contribution in [0.2, 0.25) is 0 Å². The quantitative estimate of drug-likeness (QED) is 0.209. The van der Waals surface area contributed by atoms with E-state index in [1.807, 2.05) is 0 Å². The Labute approximate surface area is 163 Å². The van der Waals surface area contributed by atoms with E-state index in [0.29, 0.717) is 0 Å². The second-order valence-electron chi connectivity index (χ2n) is 0.894. The fourth-order valence-corrected chi connectivity index (χ4v) is 0. The molecule has 0 unspecified atom stereocenters. The summed E-state index contributed by atoms with van der Waals surface area (Å²) in [4.78, 5) is 0. The molecule has 18 heteroatoms. The van der Waals surface area contributed by atoms with Crippen molar-refractivity contribution in [3.05, 3.63) is 0 Å². The van der Waals surface area contributed by atoms with E-state index in [-0.39, 0.29) is 50.4 Å². The number of hydrogen-bond acceptors (Lipinski definition) is 12. The third kappa shape index (κ3) is 724. The van der Waals surface area contributed by atoms with Crippen LogP contribution in [0.1, 0.15) is 0 Å². The van der Waals surface area contributed by atoms with Gasteiger partial charge in [0.15, 0.2) is 0 Å². The van der Waals surface area contributed by atoms with Crippen LogP contribution in [0.15, 0.2) is 0 Å². The van der Waals surface area contributed by atoms with Crippen molar-refractivity contribution in [2.75, 3.05) is 0 Å². The summed E-state index contributed by atoms with van der Waals surface area (Å²) in [5.41, 5.74) is 0. The summed E-state index contributed by atoms with van der Waals surface area (Å²) in [5, 5.41) is 0. The fraction of sp³-hybridized carbons (Fsp3) is 0. The Morgan fingerprint density at radius 2 is 0.444 bits per heavy atom. The van der Waals surface area contributed by atoms with E-state index in [4.69, 9.17) is 40.5 Å². The van der Waals surface area contributed by atoms with Crippen LogP contribution in [-0.2, 0) is 101 Å². The van der Waals surface area contributed by atoms with Crippen LogP contribution >= 0.6 is 0 Å². The van der Waals surface area contributed by atoms with Crippen LogP contribution in [0.3, 0.4) is 0 Å². The second-order valence-corrected chi connectivity index (χ2v) is 5.29. The van der Waals surface area contributed by atoms with Crippen LogP contribution in [0.4, 0.5) is 0 Å². The van der Waals surface area contributed by atoms with E-state index in [9.17, 15) is 0 Å². The molecule has 0 saturated heterocycles. The molecule has 98 valence electrons. The summed E-state index contributed by atoms with van der Waals surface area (Å²) in [7, 11) is 0. The van der Waals surface area contributed by atoms with E-state index in [1.165, 1.54) is 0 Å². The molecule has 0 aliphatic rings. The predicted molar refractivity (Wildman–Crippen MR) is 17.0 cm³/mol. The van der Waals surface area contributed by atoms with E-state index in [2.05, 4.69) is 0 Å². The molecule has 0 N–H and O–H groups in total. The molecule has 0 aromatic heterocycles. The fourth-order valence-electron chi connectivity index (χ4n) is 0. The van der Waals surface area contributed by atoms with Gasteiger partial charge in [0.2, 0.25) is 0 Å². The van der Waals surface area contributed by atoms with Gasteiger partial charge in [-0.1, -0.05) is 0 Å². The van der Waals surface area contributed by atoms with E-state index in [1.54, 1.807) is 0 Å². The van der Waals surface area contributed by atoms with Crippen molar-refractivity contribution in [3.8, 4) is 0 Å². The largest absolute Gasteiger partial charge is 2.00 e. The minimum atomic E-state index is -4.20. The summed E-state index contributed by atoms with van der Waals surface area (Å²) in [5.74, 6) is 0. The molecular formula is MgNb4O12Pb. The van der Waals surface area contributed by atoms with Gasteiger partial charge >= 0.3 is 166 Å². The molecule has 0 rings (SSSR count). The van der Waals surface area contributed by atoms with Crippen LogP contribution < -0.4 is 14.5 Å². The van der Waals surface area contributed by atoms with E-state index in [0.717, 1.165) is 0 Å². The monoisotopic (exact) mass is 796 g/mol. The zero-order valence-corrected chi connectivity index (χ0v) is 22.0. The van der Waals surface area contributed by atoms with Gasteiger partial charge in [-0.3, -0.25) is 0 Å². The van der Waals surface area contributed by atoms with Gasteiger partial charge in [-0.2, -0.15) is 0 Å². The zero-order valence-electron chi connectivity index (χ0n) is 7.89. The van der Waals surface area contributed by atoms with Crippen molar-refractivity contribution in [1.29, 1.82) is 0 Å². The van der Waals surface area contributed by atoms with Gasteiger partial charge in [0.05, 0.1) is 0 Å². The minimum Gasteiger partial charge on any atom is 2.00 e. The van der Waals surface area contributed by atoms with Gasteiger partial charge in [0.1, 0.15) is 0 Å². The molecule has 0 aromatic carbocycles. The SMILES string of the molecule is [Mg+2].[O]=[Nb](=[O])[O-].[O]=[Nb](=[O])[O-].[O]=[Nb](=[O])[O-].[O]=[Nb](=[O])[O-].[Pb+2]. The summed E-state index contributed by atoms with van der Waals surface area (Å²) in [6.45, 7) is 0. The Hall–Kier alpha value is 2.89. The first-order chi connectivity index (χ1) is 6.93. The predicted octanol–water partition coefficient (Wildman–Crippen LogP) is -6.48. The molecule has 0 bridgehead atoms. The molecule has 0 heterocycles. The Bertz CT molecular complexity index is 298. The van der Waals surface area contributed by atoms with Crippen molar-refractivity contribution >= 4 is 50.4 Å². The first-order valence-electron chi connectivity index (χ1n) is 2.19. The maximum atomic E-state index is 8.60. The van der Waals surface area contributed by atoms with Gasteiger partial charge in [-0.15, -0.1) is 0 Å². The van der Waals surface area contributed by atoms with Crippen molar-refractivity contribution in [1.82, 2.24) is 0 Å². The van der Waals surface area contributed by atoms with Gasteiger partial charge < -0.3 is 0 Å². The van der Waals surface area contributed by atoms with Crippen LogP contribution in [0.25, 0.3) is 0 Å². The van der Waals surface area contributed by atoms with Crippen molar-refractivity contribution in [2.24, 2.45) is 0 Å². The molecule has 0 amide bonds. The molecular weight excluding hydrogens is 795 g/mol. The molecule has 0 fully saturated rings. The molecule has 0 saturated carbocycles. The second kappa shape index (κ2) is 32.0. The Balaban J connectivity index is -0.0000000257. The molecule has 0 aliphatic heterocycles. The van der Waals surface area contributed by atoms with Crippen molar-refractivity contribution in [3.63, 3.8) is 0 Å². The van der Waals surface area contributed by atoms with E-state index < -0.39 is 75.1 Å². The molecule has 12 nitrogen and oxygen atoms in total. The van der Waals surface area contributed by atoms with Gasteiger partial charge in [-0.25, -0.2) is 0 Å². The van der Waals surface area contributed by atoms with Crippen molar-refractivity contribution in [2.45, 2.75) is 0 Å². The van der Waals surface area contributed by atoms with Gasteiger partial charge in [-0.05, 0) is 0 Å². The molecule has 0 aromatic rings. The summed E-state index contributed by atoms with van der Waals surface area (Å²) >= 11 is -16.8. The Morgan fingerprint density at radius 3 is 0.444 bits per heavy atom. The Morgan fingerprint density at radius 1 is 0.444 bits per heavy atom. The maximum Gasteiger partial charge on any atom is 2.00 e. The third-order valence-corrected chi connectivity index (χ3v) is 0. The average molecular weight is 795 g/mol. The minimum absolute atomic E-state index is 0. The molecule has 0 atom stereocenters. The molecule has 0 aliphatic carbocycles. The first kappa shape index (κ1) is 37.3. The molecule has 0 spiro atoms. The number of hydrogen-bond donors (Lipinski definition) is 0. The average Bonchev–Trinajstić information content (AvgIpc) is 1.76. The smallest absolute Gasteiger partial charge is 2.00 e. The Kier molecular flexibility index (Phi) is 66.3. The standard InChI is InChI=1S/Mg.4Nb.12O.Pb/q+2;;;;;;;;;;;;;4*-1;+2. The van der Waals surface area contributed by atoms with Crippen LogP contribution in [-0.4, -0.2) is 50.4 Å². The summed E-state index contributed by atoms with van der Waals surface area (Å²) in [6.07, 6.45) is 0. The van der Waals surface area contributed by atoms with Gasteiger partial charge in [0, 0.05) is 0 Å². The normalized spacial score (nSPS) is 5.56.